The van der Waals surface area contributed by atoms with Crippen molar-refractivity contribution in [3.63, 3.8) is 0 Å². The van der Waals surface area contributed by atoms with E-state index in [-0.39, 0.29) is 11.9 Å². The standard InChI is InChI=1S/C18H21N5O/c1-15(23-10-7-20-14-23)18(24)22-9-2-8-21(11-12-22)17-5-3-16(13-19)4-6-17/h3-7,10,14-15H,2,8-9,11-12H2,1H3/t15-/m1/s1. The molecule has 2 aromatic rings. The fourth-order valence-electron chi connectivity index (χ4n) is 3.03. The first-order valence-corrected chi connectivity index (χ1v) is 8.20. The minimum atomic E-state index is -0.228. The zero-order valence-corrected chi connectivity index (χ0v) is 13.8. The van der Waals surface area contributed by atoms with Crippen molar-refractivity contribution in [2.45, 2.75) is 19.4 Å². The third-order valence-electron chi connectivity index (χ3n) is 4.50. The van der Waals surface area contributed by atoms with Gasteiger partial charge in [-0.1, -0.05) is 0 Å². The van der Waals surface area contributed by atoms with Crippen LogP contribution in [0.4, 0.5) is 5.69 Å². The van der Waals surface area contributed by atoms with E-state index in [1.54, 1.807) is 12.5 Å². The molecule has 0 saturated carbocycles. The summed E-state index contributed by atoms with van der Waals surface area (Å²) < 4.78 is 1.84. The number of nitriles is 1. The average Bonchev–Trinajstić information content (AvgIpc) is 3.05. The zero-order chi connectivity index (χ0) is 16.9. The first-order chi connectivity index (χ1) is 11.7. The third kappa shape index (κ3) is 3.40. The van der Waals surface area contributed by atoms with Crippen LogP contribution in [0.1, 0.15) is 24.9 Å². The van der Waals surface area contributed by atoms with Crippen molar-refractivity contribution in [3.8, 4) is 6.07 Å². The van der Waals surface area contributed by atoms with Gasteiger partial charge in [0.2, 0.25) is 5.91 Å². The molecule has 6 heteroatoms. The Hall–Kier alpha value is -2.81. The smallest absolute Gasteiger partial charge is 0.245 e. The van der Waals surface area contributed by atoms with Gasteiger partial charge in [-0.2, -0.15) is 5.26 Å². The molecule has 24 heavy (non-hydrogen) atoms. The zero-order valence-electron chi connectivity index (χ0n) is 13.8. The SMILES string of the molecule is C[C@H](C(=O)N1CCCN(c2ccc(C#N)cc2)CC1)n1ccnc1. The van der Waals surface area contributed by atoms with E-state index in [0.717, 1.165) is 31.7 Å². The first kappa shape index (κ1) is 16.1. The molecule has 1 atom stereocenters. The number of anilines is 1. The highest BCUT2D eigenvalue weighted by Crippen LogP contribution is 2.19. The van der Waals surface area contributed by atoms with Crippen molar-refractivity contribution in [3.05, 3.63) is 48.5 Å². The quantitative estimate of drug-likeness (QED) is 0.867. The molecule has 1 aromatic heterocycles. The number of carbonyl (C=O) groups is 1. The molecule has 0 aliphatic carbocycles. The predicted molar refractivity (Wildman–Crippen MR) is 91.5 cm³/mol. The summed E-state index contributed by atoms with van der Waals surface area (Å²) >= 11 is 0. The highest BCUT2D eigenvalue weighted by molar-refractivity contribution is 5.80. The molecule has 0 spiro atoms. The number of amides is 1. The van der Waals surface area contributed by atoms with Crippen molar-refractivity contribution < 1.29 is 4.79 Å². The minimum Gasteiger partial charge on any atom is -0.370 e. The van der Waals surface area contributed by atoms with E-state index >= 15 is 0 Å². The van der Waals surface area contributed by atoms with Crippen LogP contribution in [0.3, 0.4) is 0 Å². The Labute approximate surface area is 141 Å². The van der Waals surface area contributed by atoms with Gasteiger partial charge in [0.05, 0.1) is 18.0 Å². The first-order valence-electron chi connectivity index (χ1n) is 8.20. The Morgan fingerprint density at radius 3 is 2.67 bits per heavy atom. The molecule has 6 nitrogen and oxygen atoms in total. The lowest BCUT2D eigenvalue weighted by Crippen LogP contribution is -2.38. The number of rotatable bonds is 3. The summed E-state index contributed by atoms with van der Waals surface area (Å²) in [5, 5.41) is 8.90. The Bertz CT molecular complexity index is 717. The lowest BCUT2D eigenvalue weighted by atomic mass is 10.2. The van der Waals surface area contributed by atoms with Crippen LogP contribution in [0, 0.1) is 11.3 Å². The van der Waals surface area contributed by atoms with Gasteiger partial charge < -0.3 is 14.4 Å². The van der Waals surface area contributed by atoms with Crippen LogP contribution in [0.15, 0.2) is 43.0 Å². The summed E-state index contributed by atoms with van der Waals surface area (Å²) in [5.74, 6) is 0.134. The summed E-state index contributed by atoms with van der Waals surface area (Å²) in [7, 11) is 0. The normalized spacial score (nSPS) is 16.3. The number of imidazole rings is 1. The van der Waals surface area contributed by atoms with E-state index < -0.39 is 0 Å². The van der Waals surface area contributed by atoms with Gasteiger partial charge in [0.25, 0.3) is 0 Å². The molecule has 1 fully saturated rings. The second kappa shape index (κ2) is 7.18. The van der Waals surface area contributed by atoms with Gasteiger partial charge in [-0.25, -0.2) is 4.98 Å². The number of nitrogens with zero attached hydrogens (tertiary/aromatic N) is 5. The predicted octanol–water partition coefficient (Wildman–Crippen LogP) is 2.05. The van der Waals surface area contributed by atoms with E-state index in [1.807, 2.05) is 46.9 Å². The molecule has 124 valence electrons. The van der Waals surface area contributed by atoms with E-state index in [1.165, 1.54) is 0 Å². The number of hydrogen-bond acceptors (Lipinski definition) is 4. The number of carbonyl (C=O) groups excluding carboxylic acids is 1. The maximum Gasteiger partial charge on any atom is 0.245 e. The van der Waals surface area contributed by atoms with Crippen LogP contribution in [-0.2, 0) is 4.79 Å². The fraction of sp³-hybridized carbons (Fsp3) is 0.389. The van der Waals surface area contributed by atoms with Crippen LogP contribution in [0.25, 0.3) is 0 Å². The molecule has 1 aromatic carbocycles. The highest BCUT2D eigenvalue weighted by atomic mass is 16.2. The molecule has 1 aliphatic rings. The van der Waals surface area contributed by atoms with E-state index in [0.29, 0.717) is 12.1 Å². The number of aromatic nitrogens is 2. The average molecular weight is 323 g/mol. The van der Waals surface area contributed by atoms with Crippen LogP contribution < -0.4 is 4.90 Å². The minimum absolute atomic E-state index is 0.134. The lowest BCUT2D eigenvalue weighted by Gasteiger charge is -2.26. The van der Waals surface area contributed by atoms with Crippen molar-refractivity contribution in [1.29, 1.82) is 5.26 Å². The Morgan fingerprint density at radius 2 is 2.00 bits per heavy atom. The van der Waals surface area contributed by atoms with E-state index in [4.69, 9.17) is 5.26 Å². The largest absolute Gasteiger partial charge is 0.370 e. The van der Waals surface area contributed by atoms with Crippen LogP contribution in [0.5, 0.6) is 0 Å². The summed E-state index contributed by atoms with van der Waals surface area (Å²) in [6, 6.07) is 9.54. The van der Waals surface area contributed by atoms with Gasteiger partial charge in [-0.3, -0.25) is 4.79 Å². The van der Waals surface area contributed by atoms with Crippen molar-refractivity contribution in [2.24, 2.45) is 0 Å². The Morgan fingerprint density at radius 1 is 1.21 bits per heavy atom. The maximum absolute atomic E-state index is 12.7. The molecule has 1 amide bonds. The highest BCUT2D eigenvalue weighted by Gasteiger charge is 2.24. The summed E-state index contributed by atoms with van der Waals surface area (Å²) in [4.78, 5) is 20.9. The summed E-state index contributed by atoms with van der Waals surface area (Å²) in [5.41, 5.74) is 1.77. The molecule has 1 aliphatic heterocycles. The molecule has 0 radical (unpaired) electrons. The van der Waals surface area contributed by atoms with Gasteiger partial charge in [0.1, 0.15) is 6.04 Å². The second-order valence-corrected chi connectivity index (χ2v) is 6.01. The number of hydrogen-bond donors (Lipinski definition) is 0. The monoisotopic (exact) mass is 323 g/mol. The van der Waals surface area contributed by atoms with Gasteiger partial charge in [-0.15, -0.1) is 0 Å². The Kier molecular flexibility index (Phi) is 4.80. The topological polar surface area (TPSA) is 65.2 Å². The third-order valence-corrected chi connectivity index (χ3v) is 4.50. The van der Waals surface area contributed by atoms with Gasteiger partial charge >= 0.3 is 0 Å². The van der Waals surface area contributed by atoms with Crippen molar-refractivity contribution in [2.75, 3.05) is 31.1 Å². The van der Waals surface area contributed by atoms with Gasteiger partial charge in [0.15, 0.2) is 0 Å². The second-order valence-electron chi connectivity index (χ2n) is 6.01. The van der Waals surface area contributed by atoms with Gasteiger partial charge in [-0.05, 0) is 37.6 Å². The van der Waals surface area contributed by atoms with Crippen LogP contribution >= 0.6 is 0 Å². The molecular weight excluding hydrogens is 302 g/mol. The lowest BCUT2D eigenvalue weighted by molar-refractivity contribution is -0.134. The Balaban J connectivity index is 1.64. The molecular formula is C18H21N5O. The molecule has 1 saturated heterocycles. The number of benzene rings is 1. The van der Waals surface area contributed by atoms with E-state index in [9.17, 15) is 4.79 Å². The summed E-state index contributed by atoms with van der Waals surface area (Å²) in [6.07, 6.45) is 6.13. The molecule has 3 rings (SSSR count). The molecule has 2 heterocycles. The maximum atomic E-state index is 12.7. The molecule has 0 bridgehead atoms. The van der Waals surface area contributed by atoms with Gasteiger partial charge in [0, 0.05) is 44.3 Å². The van der Waals surface area contributed by atoms with E-state index in [2.05, 4.69) is 16.0 Å². The molecule has 0 N–H and O–H groups in total. The summed E-state index contributed by atoms with van der Waals surface area (Å²) in [6.45, 7) is 5.10. The van der Waals surface area contributed by atoms with Crippen molar-refractivity contribution >= 4 is 11.6 Å². The fourth-order valence-corrected chi connectivity index (χ4v) is 3.03. The van der Waals surface area contributed by atoms with Crippen LogP contribution in [-0.4, -0.2) is 46.5 Å². The van der Waals surface area contributed by atoms with Crippen molar-refractivity contribution in [1.82, 2.24) is 14.5 Å². The molecule has 0 unspecified atom stereocenters. The van der Waals surface area contributed by atoms with Crippen LogP contribution in [0.2, 0.25) is 0 Å².